The van der Waals surface area contributed by atoms with Gasteiger partial charge in [0.25, 0.3) is 17.6 Å². The Morgan fingerprint density at radius 3 is 2.09 bits per heavy atom. The molecule has 5 aliphatic rings. The number of nitrogens with one attached hydrogen (secondary N) is 1. The van der Waals surface area contributed by atoms with Crippen LogP contribution in [0.5, 0.6) is 0 Å². The monoisotopic (exact) mass is 1280 g/mol. The molecule has 0 spiro atoms. The molecule has 2 aromatic rings. The number of allylic oxidation sites excluding steroid dienone is 5. The minimum Gasteiger partial charge on any atom is -0.460 e. The maximum absolute atomic E-state index is 14.8. The summed E-state index contributed by atoms with van der Waals surface area (Å²) in [5.41, 5.74) is 2.48. The molecule has 4 fully saturated rings. The number of piperazine rings is 1. The van der Waals surface area contributed by atoms with E-state index in [0.29, 0.717) is 126 Å². The summed E-state index contributed by atoms with van der Waals surface area (Å²) >= 11 is 0. The minimum absolute atomic E-state index is 0.000937. The third kappa shape index (κ3) is 19.4. The number of aryl methyl sites for hydroxylation is 1. The number of ketones is 2. The van der Waals surface area contributed by atoms with E-state index in [1.165, 1.54) is 24.4 Å². The molecule has 2 bridgehead atoms. The van der Waals surface area contributed by atoms with Crippen molar-refractivity contribution < 1.29 is 72.5 Å². The number of nitrogens with zero attached hydrogens (tertiary/aromatic N) is 7. The Morgan fingerprint density at radius 1 is 0.772 bits per heavy atom. The van der Waals surface area contributed by atoms with E-state index in [0.717, 1.165) is 11.1 Å². The second kappa shape index (κ2) is 34.7. The molecule has 2 aromatic heterocycles. The van der Waals surface area contributed by atoms with Crippen molar-refractivity contribution in [2.24, 2.45) is 35.5 Å². The van der Waals surface area contributed by atoms with Crippen LogP contribution in [0.25, 0.3) is 0 Å². The third-order valence-corrected chi connectivity index (χ3v) is 19.3. The van der Waals surface area contributed by atoms with Crippen molar-refractivity contribution in [3.05, 3.63) is 83.5 Å². The lowest BCUT2D eigenvalue weighted by Crippen LogP contribution is -2.61. The lowest BCUT2D eigenvalue weighted by Gasteiger charge is -2.43. The van der Waals surface area contributed by atoms with Gasteiger partial charge in [0.2, 0.25) is 17.7 Å². The van der Waals surface area contributed by atoms with E-state index in [4.69, 9.17) is 28.4 Å². The zero-order valence-corrected chi connectivity index (χ0v) is 55.9. The summed E-state index contributed by atoms with van der Waals surface area (Å²) in [7, 11) is 4.55. The standard InChI is InChI=1S/C69H102N8O15/c1-12-70-64(83)51-40-73-68(74-41-51)76-30-28-75(29-31-76)67-71-38-50(39-72-67)23-26-59(79)90-55-25-22-49(35-58(55)88-10)34-45(5)57-37-54(78)44(4)33-47(7)61(81)62(89-11)60(80)46(6)32-42(2)18-14-13-15-19-43(3)56(87-9)36-52-24-21-48(8)69(86,92-52)63(82)65(84)77-27-17-16-20-53(77)66(85)91-57/h13-15,18-19,33,38-42,44-46,48-49,52-58,61-62,78,81,86H,12,16-17,20-32,34-37H2,1-11H3,(H,70,83)/b15-13+,18-14+,43-19+,47-33+/t42-,44-,45-,46-,48-,49+,52+,53+,54-,55-,56+,57+,58-,61-,62+,69-/m1/s1. The van der Waals surface area contributed by atoms with Gasteiger partial charge in [-0.25, -0.2) is 24.7 Å². The smallest absolute Gasteiger partial charge is 0.329 e. The van der Waals surface area contributed by atoms with Gasteiger partial charge in [-0.2, -0.15) is 0 Å². The van der Waals surface area contributed by atoms with Crippen molar-refractivity contribution in [1.82, 2.24) is 30.2 Å². The van der Waals surface area contributed by atoms with Crippen molar-refractivity contribution in [2.75, 3.05) is 70.4 Å². The molecule has 3 saturated heterocycles. The molecule has 0 radical (unpaired) electrons. The molecular weight excluding hydrogens is 1180 g/mol. The van der Waals surface area contributed by atoms with Gasteiger partial charge < -0.3 is 63.8 Å². The lowest BCUT2D eigenvalue weighted by molar-refractivity contribution is -0.265. The molecule has 92 heavy (non-hydrogen) atoms. The number of anilines is 2. The molecule has 2 amide bonds. The molecule has 23 heteroatoms. The normalized spacial score (nSPS) is 33.7. The van der Waals surface area contributed by atoms with E-state index in [2.05, 4.69) is 30.2 Å². The van der Waals surface area contributed by atoms with Crippen molar-refractivity contribution in [2.45, 2.75) is 206 Å². The number of piperidine rings is 1. The molecule has 7 rings (SSSR count). The Morgan fingerprint density at radius 2 is 1.45 bits per heavy atom. The summed E-state index contributed by atoms with van der Waals surface area (Å²) in [6, 6.07) is -1.17. The van der Waals surface area contributed by atoms with Gasteiger partial charge in [-0.1, -0.05) is 71.1 Å². The van der Waals surface area contributed by atoms with Crippen LogP contribution < -0.4 is 15.1 Å². The first kappa shape index (κ1) is 73.1. The third-order valence-electron chi connectivity index (χ3n) is 19.3. The fourth-order valence-electron chi connectivity index (χ4n) is 13.5. The van der Waals surface area contributed by atoms with Gasteiger partial charge in [-0.05, 0) is 126 Å². The number of hydrogen-bond acceptors (Lipinski definition) is 21. The Bertz CT molecular complexity index is 2900. The average molecular weight is 1280 g/mol. The van der Waals surface area contributed by atoms with Crippen LogP contribution >= 0.6 is 0 Å². The van der Waals surface area contributed by atoms with Crippen LogP contribution in [0.4, 0.5) is 11.9 Å². The number of cyclic esters (lactones) is 1. The summed E-state index contributed by atoms with van der Waals surface area (Å²) in [5, 5.41) is 38.6. The van der Waals surface area contributed by atoms with Crippen molar-refractivity contribution in [1.29, 1.82) is 0 Å². The molecule has 23 nitrogen and oxygen atoms in total. The first-order valence-corrected chi connectivity index (χ1v) is 33.2. The number of carbonyl (C=O) groups is 6. The quantitative estimate of drug-likeness (QED) is 0.0858. The van der Waals surface area contributed by atoms with Crippen molar-refractivity contribution in [3.8, 4) is 0 Å². The van der Waals surface area contributed by atoms with Crippen LogP contribution in [-0.4, -0.2) is 197 Å². The molecule has 4 aliphatic heterocycles. The van der Waals surface area contributed by atoms with E-state index in [9.17, 15) is 44.1 Å². The van der Waals surface area contributed by atoms with E-state index in [-0.39, 0.29) is 61.2 Å². The highest BCUT2D eigenvalue weighted by molar-refractivity contribution is 6.39. The van der Waals surface area contributed by atoms with Gasteiger partial charge in [0, 0.05) is 122 Å². The number of aliphatic hydroxyl groups excluding tert-OH is 2. The van der Waals surface area contributed by atoms with Crippen LogP contribution in [0.15, 0.2) is 72.4 Å². The summed E-state index contributed by atoms with van der Waals surface area (Å²) < 4.78 is 36.3. The number of aliphatic hydroxyl groups is 3. The highest BCUT2D eigenvalue weighted by atomic mass is 16.6. The maximum Gasteiger partial charge on any atom is 0.329 e. The van der Waals surface area contributed by atoms with Crippen LogP contribution in [0.2, 0.25) is 0 Å². The second-order valence-corrected chi connectivity index (χ2v) is 26.3. The zero-order valence-electron chi connectivity index (χ0n) is 55.9. The van der Waals surface area contributed by atoms with Crippen molar-refractivity contribution >= 4 is 47.2 Å². The molecule has 4 N–H and O–H groups in total. The number of aromatic nitrogens is 4. The summed E-state index contributed by atoms with van der Waals surface area (Å²) in [5.74, 6) is -7.27. The largest absolute Gasteiger partial charge is 0.460 e. The molecular formula is C69H102N8O15. The fourth-order valence-corrected chi connectivity index (χ4v) is 13.5. The van der Waals surface area contributed by atoms with Crippen LogP contribution in [-0.2, 0) is 58.8 Å². The minimum atomic E-state index is -2.46. The number of amides is 2. The molecule has 0 aromatic carbocycles. The van der Waals surface area contributed by atoms with Crippen LogP contribution in [0.1, 0.15) is 155 Å². The maximum atomic E-state index is 14.8. The first-order chi connectivity index (χ1) is 44.0. The molecule has 0 unspecified atom stereocenters. The van der Waals surface area contributed by atoms with Crippen LogP contribution in [0, 0.1) is 35.5 Å². The Labute approximate surface area is 543 Å². The van der Waals surface area contributed by atoms with Gasteiger partial charge in [-0.15, -0.1) is 0 Å². The van der Waals surface area contributed by atoms with Gasteiger partial charge in [0.15, 0.2) is 5.78 Å². The average Bonchev–Trinajstić information content (AvgIpc) is 0.787. The highest BCUT2D eigenvalue weighted by Crippen LogP contribution is 2.39. The van der Waals surface area contributed by atoms with E-state index < -0.39 is 96.1 Å². The number of methoxy groups -OCH3 is 3. The van der Waals surface area contributed by atoms with Gasteiger partial charge in [0.1, 0.15) is 30.5 Å². The number of ether oxygens (including phenoxy) is 6. The van der Waals surface area contributed by atoms with Crippen molar-refractivity contribution in [3.63, 3.8) is 0 Å². The Kier molecular flexibility index (Phi) is 27.6. The summed E-state index contributed by atoms with van der Waals surface area (Å²) in [6.45, 7) is 17.8. The number of Topliss-reactive ketones (excluding diaryl/α,β-unsaturated/α-hetero) is 2. The lowest BCUT2D eigenvalue weighted by atomic mass is 9.78. The Hall–Kier alpha value is -6.34. The SMILES string of the molecule is CCNC(=O)c1cnc(N2CCN(c3ncc(CCC(=O)O[C@@H]4CC[C@@H](C[C@@H](C)[C@@H]5C[C@@H](O)[C@H](C)/C=C(\C)[C@@H](O)[C@@H](OC)C(=O)[C@H](C)C[C@H](C)/C=C/C=C/C=C(\C)[C@@H](OC)C[C@@H]6CC[C@@H](C)[C@@](O)(O6)C(=O)C(=O)N6CCCC[C@H]6C(=O)O5)C[C@H]4OC)cn3)CC2)nc1. The number of fused-ring (bicyclic) bond motifs is 3. The predicted octanol–water partition coefficient (Wildman–Crippen LogP) is 6.81. The molecule has 6 heterocycles. The number of rotatable bonds is 14. The van der Waals surface area contributed by atoms with E-state index in [1.54, 1.807) is 53.5 Å². The topological polar surface area (TPSA) is 292 Å². The molecule has 1 aliphatic carbocycles. The Balaban J connectivity index is 1.02. The van der Waals surface area contributed by atoms with Gasteiger partial charge in [-0.3, -0.25) is 24.0 Å². The number of carbonyl (C=O) groups excluding carboxylic acids is 6. The number of esters is 2. The number of hydrogen-bond donors (Lipinski definition) is 4. The van der Waals surface area contributed by atoms with Gasteiger partial charge >= 0.3 is 11.9 Å². The van der Waals surface area contributed by atoms with Crippen LogP contribution in [0.3, 0.4) is 0 Å². The predicted molar refractivity (Wildman–Crippen MR) is 345 cm³/mol. The molecule has 508 valence electrons. The summed E-state index contributed by atoms with van der Waals surface area (Å²) in [6.07, 6.45) is 16.9. The zero-order chi connectivity index (χ0) is 66.8. The van der Waals surface area contributed by atoms with E-state index in [1.807, 2.05) is 69.9 Å². The second-order valence-electron chi connectivity index (χ2n) is 26.3. The molecule has 1 saturated carbocycles. The first-order valence-electron chi connectivity index (χ1n) is 33.2. The van der Waals surface area contributed by atoms with Gasteiger partial charge in [0.05, 0.1) is 30.0 Å². The highest BCUT2D eigenvalue weighted by Gasteiger charge is 2.53. The molecule has 16 atom stereocenters. The summed E-state index contributed by atoms with van der Waals surface area (Å²) in [4.78, 5) is 107. The fraction of sp³-hybridized carbons (Fsp3) is 0.681. The van der Waals surface area contributed by atoms with E-state index >= 15 is 0 Å².